The highest BCUT2D eigenvalue weighted by molar-refractivity contribution is 5.85. The summed E-state index contributed by atoms with van der Waals surface area (Å²) in [6, 6.07) is 19.1. The van der Waals surface area contributed by atoms with Crippen LogP contribution in [0.4, 0.5) is 0 Å². The van der Waals surface area contributed by atoms with Gasteiger partial charge in [-0.25, -0.2) is 5.43 Å². The Balaban J connectivity index is 1.30. The lowest BCUT2D eigenvalue weighted by Crippen LogP contribution is -2.24. The monoisotopic (exact) mass is 348 g/mol. The summed E-state index contributed by atoms with van der Waals surface area (Å²) in [4.78, 5) is 11.9. The molecule has 0 bridgehead atoms. The van der Waals surface area contributed by atoms with E-state index in [0.717, 1.165) is 16.3 Å². The van der Waals surface area contributed by atoms with Crippen LogP contribution in [0.15, 0.2) is 65.8 Å². The maximum absolute atomic E-state index is 11.9. The van der Waals surface area contributed by atoms with Gasteiger partial charge in [-0.2, -0.15) is 5.10 Å². The van der Waals surface area contributed by atoms with Crippen LogP contribution in [0.1, 0.15) is 5.56 Å². The van der Waals surface area contributed by atoms with E-state index in [4.69, 9.17) is 14.2 Å². The van der Waals surface area contributed by atoms with Crippen molar-refractivity contribution in [3.05, 3.63) is 66.2 Å². The highest BCUT2D eigenvalue weighted by Crippen LogP contribution is 2.31. The predicted molar refractivity (Wildman–Crippen MR) is 97.7 cm³/mol. The second-order valence-corrected chi connectivity index (χ2v) is 5.70. The van der Waals surface area contributed by atoms with Crippen LogP contribution in [0, 0.1) is 0 Å². The molecule has 26 heavy (non-hydrogen) atoms. The van der Waals surface area contributed by atoms with Gasteiger partial charge in [0.1, 0.15) is 5.75 Å². The Morgan fingerprint density at radius 3 is 2.81 bits per heavy atom. The molecule has 0 fully saturated rings. The van der Waals surface area contributed by atoms with Crippen molar-refractivity contribution in [2.45, 2.75) is 0 Å². The molecule has 3 aromatic carbocycles. The zero-order valence-corrected chi connectivity index (χ0v) is 13.8. The van der Waals surface area contributed by atoms with Crippen LogP contribution in [-0.2, 0) is 4.79 Å². The minimum atomic E-state index is -0.338. The van der Waals surface area contributed by atoms with Gasteiger partial charge >= 0.3 is 0 Å². The normalized spacial score (nSPS) is 12.5. The zero-order valence-electron chi connectivity index (χ0n) is 13.8. The Labute approximate surface area is 150 Å². The minimum absolute atomic E-state index is 0.114. The highest BCUT2D eigenvalue weighted by atomic mass is 16.7. The molecule has 1 amide bonds. The Morgan fingerprint density at radius 1 is 1.04 bits per heavy atom. The fourth-order valence-corrected chi connectivity index (χ4v) is 2.61. The summed E-state index contributed by atoms with van der Waals surface area (Å²) in [5.74, 6) is 1.67. The van der Waals surface area contributed by atoms with E-state index in [2.05, 4.69) is 10.5 Å². The largest absolute Gasteiger partial charge is 0.484 e. The summed E-state index contributed by atoms with van der Waals surface area (Å²) < 4.78 is 16.1. The number of hydrazone groups is 1. The average Bonchev–Trinajstić information content (AvgIpc) is 3.14. The molecule has 0 aliphatic carbocycles. The first-order chi connectivity index (χ1) is 12.8. The smallest absolute Gasteiger partial charge is 0.277 e. The number of nitrogens with one attached hydrogen (secondary N) is 1. The number of nitrogens with zero attached hydrogens (tertiary/aromatic N) is 1. The lowest BCUT2D eigenvalue weighted by molar-refractivity contribution is -0.123. The van der Waals surface area contributed by atoms with Crippen molar-refractivity contribution in [1.29, 1.82) is 0 Å². The van der Waals surface area contributed by atoms with Crippen LogP contribution in [0.25, 0.3) is 10.8 Å². The molecule has 4 rings (SSSR count). The Morgan fingerprint density at radius 2 is 1.88 bits per heavy atom. The summed E-state index contributed by atoms with van der Waals surface area (Å²) in [6.07, 6.45) is 1.54. The molecule has 3 aromatic rings. The molecule has 130 valence electrons. The second kappa shape index (κ2) is 7.14. The molecule has 0 saturated carbocycles. The molecular formula is C20H16N2O4. The molecule has 1 aliphatic heterocycles. The van der Waals surface area contributed by atoms with Crippen LogP contribution >= 0.6 is 0 Å². The van der Waals surface area contributed by atoms with E-state index >= 15 is 0 Å². The van der Waals surface area contributed by atoms with Gasteiger partial charge in [-0.3, -0.25) is 4.79 Å². The Bertz CT molecular complexity index is 984. The van der Waals surface area contributed by atoms with Crippen LogP contribution in [-0.4, -0.2) is 25.5 Å². The van der Waals surface area contributed by atoms with E-state index in [9.17, 15) is 4.79 Å². The van der Waals surface area contributed by atoms with E-state index in [1.807, 2.05) is 48.5 Å². The fraction of sp³-hybridized carbons (Fsp3) is 0.100. The van der Waals surface area contributed by atoms with Crippen molar-refractivity contribution in [2.24, 2.45) is 5.10 Å². The molecule has 0 spiro atoms. The van der Waals surface area contributed by atoms with Gasteiger partial charge in [0.2, 0.25) is 6.79 Å². The molecule has 1 aliphatic rings. The standard InChI is InChI=1S/C20H16N2O4/c23-20(12-24-17-7-6-15-3-1-2-4-16(15)10-17)22-21-11-14-5-8-18-19(9-14)26-13-25-18/h1-11H,12-13H2,(H,22,23)/b21-11-. The summed E-state index contributed by atoms with van der Waals surface area (Å²) in [6.45, 7) is 0.107. The Kier molecular flexibility index (Phi) is 4.38. The van der Waals surface area contributed by atoms with Crippen LogP contribution in [0.5, 0.6) is 17.2 Å². The molecule has 0 atom stereocenters. The number of benzene rings is 3. The van der Waals surface area contributed by atoms with E-state index in [1.165, 1.54) is 6.21 Å². The van der Waals surface area contributed by atoms with Crippen molar-refractivity contribution < 1.29 is 19.0 Å². The molecule has 1 N–H and O–H groups in total. The maximum Gasteiger partial charge on any atom is 0.277 e. The Hall–Kier alpha value is -3.54. The molecule has 0 radical (unpaired) electrons. The summed E-state index contributed by atoms with van der Waals surface area (Å²) in [5.41, 5.74) is 3.24. The van der Waals surface area contributed by atoms with Crippen LogP contribution in [0.3, 0.4) is 0 Å². The molecule has 0 saturated heterocycles. The second-order valence-electron chi connectivity index (χ2n) is 5.70. The topological polar surface area (TPSA) is 69.2 Å². The quantitative estimate of drug-likeness (QED) is 0.568. The first-order valence-electron chi connectivity index (χ1n) is 8.11. The minimum Gasteiger partial charge on any atom is -0.484 e. The van der Waals surface area contributed by atoms with Crippen LogP contribution in [0.2, 0.25) is 0 Å². The lowest BCUT2D eigenvalue weighted by atomic mass is 10.1. The number of ether oxygens (including phenoxy) is 3. The van der Waals surface area contributed by atoms with E-state index in [-0.39, 0.29) is 19.3 Å². The molecular weight excluding hydrogens is 332 g/mol. The highest BCUT2D eigenvalue weighted by Gasteiger charge is 2.12. The number of hydrogen-bond acceptors (Lipinski definition) is 5. The van der Waals surface area contributed by atoms with Crippen molar-refractivity contribution in [3.8, 4) is 17.2 Å². The number of hydrogen-bond donors (Lipinski definition) is 1. The third-order valence-electron chi connectivity index (χ3n) is 3.89. The van der Waals surface area contributed by atoms with Gasteiger partial charge in [-0.1, -0.05) is 30.3 Å². The summed E-state index contributed by atoms with van der Waals surface area (Å²) >= 11 is 0. The number of carbonyl (C=O) groups excluding carboxylic acids is 1. The van der Waals surface area contributed by atoms with E-state index in [1.54, 1.807) is 12.1 Å². The van der Waals surface area contributed by atoms with Crippen molar-refractivity contribution in [2.75, 3.05) is 13.4 Å². The van der Waals surface area contributed by atoms with Gasteiger partial charge in [0.25, 0.3) is 5.91 Å². The zero-order chi connectivity index (χ0) is 17.8. The van der Waals surface area contributed by atoms with Gasteiger partial charge in [0.05, 0.1) is 6.21 Å². The molecule has 6 heteroatoms. The lowest BCUT2D eigenvalue weighted by Gasteiger charge is -2.06. The van der Waals surface area contributed by atoms with E-state index < -0.39 is 0 Å². The van der Waals surface area contributed by atoms with Crippen molar-refractivity contribution >= 4 is 22.9 Å². The van der Waals surface area contributed by atoms with Gasteiger partial charge < -0.3 is 14.2 Å². The van der Waals surface area contributed by atoms with E-state index in [0.29, 0.717) is 17.2 Å². The number of carbonyl (C=O) groups is 1. The molecule has 1 heterocycles. The predicted octanol–water partition coefficient (Wildman–Crippen LogP) is 3.10. The number of amides is 1. The average molecular weight is 348 g/mol. The van der Waals surface area contributed by atoms with Gasteiger partial charge in [0, 0.05) is 0 Å². The van der Waals surface area contributed by atoms with Gasteiger partial charge in [-0.15, -0.1) is 0 Å². The third kappa shape index (κ3) is 3.59. The maximum atomic E-state index is 11.9. The van der Waals surface area contributed by atoms with Gasteiger partial charge in [-0.05, 0) is 46.7 Å². The molecule has 6 nitrogen and oxygen atoms in total. The third-order valence-corrected chi connectivity index (χ3v) is 3.89. The molecule has 0 unspecified atom stereocenters. The van der Waals surface area contributed by atoms with Crippen molar-refractivity contribution in [3.63, 3.8) is 0 Å². The number of fused-ring (bicyclic) bond motifs is 2. The van der Waals surface area contributed by atoms with Crippen LogP contribution < -0.4 is 19.6 Å². The van der Waals surface area contributed by atoms with Crippen molar-refractivity contribution in [1.82, 2.24) is 5.43 Å². The summed E-state index contributed by atoms with van der Waals surface area (Å²) in [5, 5.41) is 6.11. The molecule has 0 aromatic heterocycles. The fourth-order valence-electron chi connectivity index (χ4n) is 2.61. The summed E-state index contributed by atoms with van der Waals surface area (Å²) in [7, 11) is 0. The first kappa shape index (κ1) is 16.0. The SMILES string of the molecule is O=C(COc1ccc2ccccc2c1)N/N=C\c1ccc2c(c1)OCO2. The van der Waals surface area contributed by atoms with Gasteiger partial charge in [0.15, 0.2) is 18.1 Å². The first-order valence-corrected chi connectivity index (χ1v) is 8.11. The number of rotatable bonds is 5.